The summed E-state index contributed by atoms with van der Waals surface area (Å²) in [4.78, 5) is -1.62. The molecule has 3 aromatic rings. The van der Waals surface area contributed by atoms with E-state index >= 15 is 0 Å². The minimum Gasteiger partial charge on any atom is -0.282 e. The molecule has 6 nitrogen and oxygen atoms in total. The number of hydrogen-bond donors (Lipinski definition) is 2. The Hall–Kier alpha value is -2.78. The van der Waals surface area contributed by atoms with E-state index in [0.29, 0.717) is 12.0 Å². The predicted molar refractivity (Wildman–Crippen MR) is 111 cm³/mol. The van der Waals surface area contributed by atoms with Crippen LogP contribution in [0.1, 0.15) is 33.4 Å². The van der Waals surface area contributed by atoms with Crippen molar-refractivity contribution in [3.05, 3.63) is 92.3 Å². The van der Waals surface area contributed by atoms with Gasteiger partial charge in [0, 0.05) is 5.56 Å². The maximum atomic E-state index is 12.0. The van der Waals surface area contributed by atoms with E-state index in [-0.39, 0.29) is 5.56 Å². The fourth-order valence-corrected chi connectivity index (χ4v) is 6.28. The standard InChI is InChI=1S/C22H16O6S2/c23-29(24,25)21-6-5-15-9-18-10-16-7-13-3-1-2-4-14(13)8-17(16)11-19(18)12-20(15)22(21)30(26,27)28/h1-7,10-12H,8-9H2,(H,23,24,25)(H,26,27,28). The van der Waals surface area contributed by atoms with Crippen molar-refractivity contribution in [1.29, 1.82) is 0 Å². The molecule has 0 spiro atoms. The Morgan fingerprint density at radius 1 is 0.667 bits per heavy atom. The van der Waals surface area contributed by atoms with Crippen LogP contribution < -0.4 is 10.4 Å². The van der Waals surface area contributed by atoms with Gasteiger partial charge in [0.2, 0.25) is 0 Å². The van der Waals surface area contributed by atoms with E-state index in [4.69, 9.17) is 0 Å². The second-order valence-electron chi connectivity index (χ2n) is 7.51. The molecule has 0 saturated carbocycles. The van der Waals surface area contributed by atoms with Gasteiger partial charge >= 0.3 is 0 Å². The molecule has 0 aliphatic heterocycles. The molecule has 0 bridgehead atoms. The first-order valence-electron chi connectivity index (χ1n) is 9.15. The molecule has 152 valence electrons. The van der Waals surface area contributed by atoms with E-state index in [1.165, 1.54) is 11.6 Å². The van der Waals surface area contributed by atoms with Gasteiger partial charge < -0.3 is 0 Å². The summed E-state index contributed by atoms with van der Waals surface area (Å²) in [6.07, 6.45) is 4.78. The van der Waals surface area contributed by atoms with Crippen LogP contribution in [0, 0.1) is 0 Å². The number of hydrogen-bond acceptors (Lipinski definition) is 4. The van der Waals surface area contributed by atoms with Crippen LogP contribution in [0.5, 0.6) is 0 Å². The van der Waals surface area contributed by atoms with Gasteiger partial charge in [-0.3, -0.25) is 9.11 Å². The molecule has 5 rings (SSSR count). The Morgan fingerprint density at radius 3 is 1.97 bits per heavy atom. The van der Waals surface area contributed by atoms with Gasteiger partial charge in [0.05, 0.1) is 0 Å². The molecule has 0 heterocycles. The molecule has 0 saturated heterocycles. The summed E-state index contributed by atoms with van der Waals surface area (Å²) in [6.45, 7) is 0. The lowest BCUT2D eigenvalue weighted by atomic mass is 9.86. The van der Waals surface area contributed by atoms with Gasteiger partial charge in [-0.1, -0.05) is 42.5 Å². The van der Waals surface area contributed by atoms with Gasteiger partial charge in [0.1, 0.15) is 9.79 Å². The Morgan fingerprint density at radius 2 is 1.30 bits per heavy atom. The van der Waals surface area contributed by atoms with Crippen molar-refractivity contribution in [2.75, 3.05) is 0 Å². The third kappa shape index (κ3) is 3.09. The summed E-state index contributed by atoms with van der Waals surface area (Å²) >= 11 is 0. The second kappa shape index (κ2) is 6.36. The highest BCUT2D eigenvalue weighted by Crippen LogP contribution is 2.31. The minimum atomic E-state index is -4.89. The van der Waals surface area contributed by atoms with Crippen molar-refractivity contribution in [2.45, 2.75) is 22.6 Å². The Labute approximate surface area is 173 Å². The van der Waals surface area contributed by atoms with Crippen LogP contribution in [0.15, 0.2) is 58.3 Å². The van der Waals surface area contributed by atoms with Gasteiger partial charge in [-0.15, -0.1) is 0 Å². The maximum Gasteiger partial charge on any atom is 0.296 e. The van der Waals surface area contributed by atoms with Crippen molar-refractivity contribution < 1.29 is 25.9 Å². The molecular weight excluding hydrogens is 424 g/mol. The van der Waals surface area contributed by atoms with Gasteiger partial charge in [0.15, 0.2) is 0 Å². The molecule has 2 aliphatic rings. The Kier molecular flexibility index (Phi) is 4.07. The highest BCUT2D eigenvalue weighted by atomic mass is 32.2. The van der Waals surface area contributed by atoms with E-state index < -0.39 is 30.0 Å². The summed E-state index contributed by atoms with van der Waals surface area (Å²) in [5.41, 5.74) is 5.04. The molecule has 0 unspecified atom stereocenters. The lowest BCUT2D eigenvalue weighted by Gasteiger charge is -2.20. The zero-order chi connectivity index (χ0) is 21.3. The van der Waals surface area contributed by atoms with Crippen molar-refractivity contribution in [3.8, 4) is 0 Å². The quantitative estimate of drug-likeness (QED) is 0.404. The second-order valence-corrected chi connectivity index (χ2v) is 10.3. The predicted octanol–water partition coefficient (Wildman–Crippen LogP) is 1.65. The number of benzene rings is 3. The van der Waals surface area contributed by atoms with Crippen molar-refractivity contribution >= 4 is 32.4 Å². The summed E-state index contributed by atoms with van der Waals surface area (Å²) in [7, 11) is -9.73. The van der Waals surface area contributed by atoms with Crippen molar-refractivity contribution in [3.63, 3.8) is 0 Å². The van der Waals surface area contributed by atoms with Gasteiger partial charge in [-0.05, 0) is 69.3 Å². The van der Waals surface area contributed by atoms with Crippen LogP contribution in [0.2, 0.25) is 0 Å². The Balaban J connectivity index is 1.80. The van der Waals surface area contributed by atoms with E-state index in [1.807, 2.05) is 18.2 Å². The first kappa shape index (κ1) is 19.2. The van der Waals surface area contributed by atoms with Crippen molar-refractivity contribution in [2.24, 2.45) is 0 Å². The summed E-state index contributed by atoms with van der Waals surface area (Å²) < 4.78 is 66.6. The summed E-state index contributed by atoms with van der Waals surface area (Å²) in [5, 5.41) is 1.85. The zero-order valence-electron chi connectivity index (χ0n) is 15.5. The van der Waals surface area contributed by atoms with Crippen LogP contribution >= 0.6 is 0 Å². The van der Waals surface area contributed by atoms with Gasteiger partial charge in [-0.25, -0.2) is 0 Å². The maximum absolute atomic E-state index is 12.0. The molecule has 0 fully saturated rings. The summed E-state index contributed by atoms with van der Waals surface area (Å²) in [5.74, 6) is 0. The normalized spacial score (nSPS) is 14.5. The first-order chi connectivity index (χ1) is 14.1. The molecule has 3 aromatic carbocycles. The van der Waals surface area contributed by atoms with Crippen molar-refractivity contribution in [1.82, 2.24) is 0 Å². The molecule has 0 radical (unpaired) electrons. The fourth-order valence-electron chi connectivity index (χ4n) is 4.27. The third-order valence-corrected chi connectivity index (χ3v) is 7.60. The molecule has 2 N–H and O–H groups in total. The van der Waals surface area contributed by atoms with Crippen LogP contribution in [-0.2, 0) is 33.1 Å². The van der Waals surface area contributed by atoms with Crippen LogP contribution in [0.4, 0.5) is 0 Å². The zero-order valence-corrected chi connectivity index (χ0v) is 17.2. The highest BCUT2D eigenvalue weighted by molar-refractivity contribution is 7.89. The average Bonchev–Trinajstić information content (AvgIpc) is 2.66. The molecular formula is C22H16O6S2. The molecule has 0 amide bonds. The van der Waals surface area contributed by atoms with E-state index in [0.717, 1.165) is 39.6 Å². The largest absolute Gasteiger partial charge is 0.296 e. The third-order valence-electron chi connectivity index (χ3n) is 5.61. The Bertz CT molecular complexity index is 1580. The van der Waals surface area contributed by atoms with Crippen LogP contribution in [-0.4, -0.2) is 25.9 Å². The molecule has 8 heteroatoms. The topological polar surface area (TPSA) is 109 Å². The van der Waals surface area contributed by atoms with Crippen LogP contribution in [0.3, 0.4) is 0 Å². The lowest BCUT2D eigenvalue weighted by molar-refractivity contribution is 0.466. The average molecular weight is 440 g/mol. The molecule has 2 aliphatic carbocycles. The molecule has 30 heavy (non-hydrogen) atoms. The number of fused-ring (bicyclic) bond motifs is 4. The summed E-state index contributed by atoms with van der Waals surface area (Å²) in [6, 6.07) is 14.6. The van der Waals surface area contributed by atoms with E-state index in [2.05, 4.69) is 24.3 Å². The fraction of sp³-hybridized carbons (Fsp3) is 0.0909. The first-order valence-corrected chi connectivity index (χ1v) is 12.0. The highest BCUT2D eigenvalue weighted by Gasteiger charge is 2.29. The van der Waals surface area contributed by atoms with Gasteiger partial charge in [-0.2, -0.15) is 16.8 Å². The SMILES string of the molecule is O=S(=O)(O)c1ccc2c(c1S(=O)(=O)O)C=c1cc3c(cc1C2)=Cc1ccccc1C3. The van der Waals surface area contributed by atoms with E-state index in [1.54, 1.807) is 6.08 Å². The monoisotopic (exact) mass is 440 g/mol. The van der Waals surface area contributed by atoms with Gasteiger partial charge in [0.25, 0.3) is 20.2 Å². The number of rotatable bonds is 2. The molecule has 0 atom stereocenters. The van der Waals surface area contributed by atoms with E-state index in [9.17, 15) is 25.9 Å². The lowest BCUT2D eigenvalue weighted by Crippen LogP contribution is -2.26. The van der Waals surface area contributed by atoms with Crippen LogP contribution in [0.25, 0.3) is 12.2 Å². The molecule has 0 aromatic heterocycles. The minimum absolute atomic E-state index is 0.0836. The smallest absolute Gasteiger partial charge is 0.282 e.